The van der Waals surface area contributed by atoms with E-state index in [0.29, 0.717) is 27.6 Å². The Labute approximate surface area is 253 Å². The van der Waals surface area contributed by atoms with Crippen molar-refractivity contribution in [2.45, 2.75) is 31.3 Å². The zero-order valence-electron chi connectivity index (χ0n) is 24.2. The number of rotatable bonds is 6. The molecule has 0 aliphatic carbocycles. The summed E-state index contributed by atoms with van der Waals surface area (Å²) in [6.07, 6.45) is 2.06. The second-order valence-corrected chi connectivity index (χ2v) is 12.2. The molecule has 4 atom stereocenters. The van der Waals surface area contributed by atoms with Crippen LogP contribution < -0.4 is 19.7 Å². The van der Waals surface area contributed by atoms with Crippen molar-refractivity contribution in [1.29, 1.82) is 0 Å². The van der Waals surface area contributed by atoms with Gasteiger partial charge in [0.25, 0.3) is 0 Å². The second kappa shape index (κ2) is 9.95. The molecule has 1 amide bonds. The van der Waals surface area contributed by atoms with Crippen LogP contribution in [0.15, 0.2) is 84.3 Å². The topological polar surface area (TPSA) is 84.9 Å². The fourth-order valence-corrected chi connectivity index (χ4v) is 7.98. The highest BCUT2D eigenvalue weighted by atomic mass is 32.1. The molecule has 1 spiro atoms. The van der Waals surface area contributed by atoms with E-state index in [4.69, 9.17) is 9.47 Å². The van der Waals surface area contributed by atoms with Crippen LogP contribution in [0.5, 0.6) is 11.5 Å². The molecular formula is C35H30N2O5S. The van der Waals surface area contributed by atoms with Crippen molar-refractivity contribution < 1.29 is 23.9 Å². The quantitative estimate of drug-likeness (QED) is 0.265. The van der Waals surface area contributed by atoms with Crippen molar-refractivity contribution in [3.05, 3.63) is 111 Å². The Morgan fingerprint density at radius 2 is 1.74 bits per heavy atom. The fraction of sp³-hybridized carbons (Fsp3) is 0.229. The summed E-state index contributed by atoms with van der Waals surface area (Å²) in [7, 11) is 3.03. The maximum absolute atomic E-state index is 15.2. The van der Waals surface area contributed by atoms with E-state index in [1.807, 2.05) is 66.6 Å². The van der Waals surface area contributed by atoms with Gasteiger partial charge < -0.3 is 19.7 Å². The fourth-order valence-electron chi connectivity index (χ4n) is 7.28. The van der Waals surface area contributed by atoms with E-state index in [2.05, 4.69) is 17.5 Å². The number of allylic oxidation sites excluding steroid dienone is 1. The number of benzene rings is 3. The number of nitrogens with one attached hydrogen (secondary N) is 1. The highest BCUT2D eigenvalue weighted by molar-refractivity contribution is 7.12. The number of thiophene rings is 1. The number of ketones is 2. The number of amides is 1. The largest absolute Gasteiger partial charge is 0.497 e. The molecule has 43 heavy (non-hydrogen) atoms. The van der Waals surface area contributed by atoms with Gasteiger partial charge in [0.2, 0.25) is 5.91 Å². The first-order valence-corrected chi connectivity index (χ1v) is 15.0. The highest BCUT2D eigenvalue weighted by Gasteiger charge is 2.70. The van der Waals surface area contributed by atoms with Gasteiger partial charge in [-0.05, 0) is 72.8 Å². The lowest BCUT2D eigenvalue weighted by Gasteiger charge is -2.39. The summed E-state index contributed by atoms with van der Waals surface area (Å²) in [5.74, 6) is -1.12. The minimum atomic E-state index is -1.40. The van der Waals surface area contributed by atoms with Crippen LogP contribution in [0.25, 0.3) is 5.57 Å². The summed E-state index contributed by atoms with van der Waals surface area (Å²) in [5, 5.41) is 4.93. The third kappa shape index (κ3) is 3.75. The molecule has 216 valence electrons. The highest BCUT2D eigenvalue weighted by Crippen LogP contribution is 2.59. The maximum atomic E-state index is 15.2. The van der Waals surface area contributed by atoms with Gasteiger partial charge >= 0.3 is 0 Å². The van der Waals surface area contributed by atoms with E-state index in [9.17, 15) is 9.59 Å². The molecule has 1 fully saturated rings. The Balaban J connectivity index is 1.57. The van der Waals surface area contributed by atoms with Crippen LogP contribution in [-0.2, 0) is 10.2 Å². The SMILES string of the molecule is COc1ccc(OC)c(C(=O)C2C(C(=O)c3cccs3)N3c4ccc(C)cc4C(C)=CC3C23C(=O)Nc2ccccc23)c1. The molecule has 0 radical (unpaired) electrons. The average Bonchev–Trinajstić information content (AvgIpc) is 3.73. The Morgan fingerprint density at radius 1 is 0.930 bits per heavy atom. The molecule has 1 aromatic heterocycles. The van der Waals surface area contributed by atoms with E-state index >= 15 is 4.79 Å². The smallest absolute Gasteiger partial charge is 0.238 e. The summed E-state index contributed by atoms with van der Waals surface area (Å²) in [5.41, 5.74) is 4.09. The Kier molecular flexibility index (Phi) is 6.29. The first-order chi connectivity index (χ1) is 20.8. The van der Waals surface area contributed by atoms with Crippen molar-refractivity contribution in [3.63, 3.8) is 0 Å². The van der Waals surface area contributed by atoms with Crippen LogP contribution >= 0.6 is 11.3 Å². The number of fused-ring (bicyclic) bond motifs is 6. The molecule has 7 nitrogen and oxygen atoms in total. The van der Waals surface area contributed by atoms with Crippen LogP contribution in [0, 0.1) is 12.8 Å². The van der Waals surface area contributed by atoms with Gasteiger partial charge in [-0.15, -0.1) is 11.3 Å². The van der Waals surface area contributed by atoms with Crippen LogP contribution in [0.1, 0.15) is 43.6 Å². The zero-order valence-corrected chi connectivity index (χ0v) is 25.0. The summed E-state index contributed by atoms with van der Waals surface area (Å²) < 4.78 is 11.1. The van der Waals surface area contributed by atoms with Crippen molar-refractivity contribution in [2.24, 2.45) is 5.92 Å². The maximum Gasteiger partial charge on any atom is 0.238 e. The lowest BCUT2D eigenvalue weighted by Crippen LogP contribution is -2.51. The van der Waals surface area contributed by atoms with Crippen LogP contribution in [-0.4, -0.2) is 43.8 Å². The Hall–Kier alpha value is -4.69. The van der Waals surface area contributed by atoms with Gasteiger partial charge in [0, 0.05) is 16.9 Å². The van der Waals surface area contributed by atoms with Gasteiger partial charge in [-0.2, -0.15) is 0 Å². The number of hydrogen-bond acceptors (Lipinski definition) is 7. The third-order valence-corrected chi connectivity index (χ3v) is 10.0. The number of hydrogen-bond donors (Lipinski definition) is 1. The number of carbonyl (C=O) groups excluding carboxylic acids is 3. The molecule has 4 unspecified atom stereocenters. The molecule has 0 saturated carbocycles. The van der Waals surface area contributed by atoms with Crippen molar-refractivity contribution >= 4 is 45.8 Å². The molecule has 1 N–H and O–H groups in total. The summed E-state index contributed by atoms with van der Waals surface area (Å²) >= 11 is 1.33. The summed E-state index contributed by atoms with van der Waals surface area (Å²) in [6, 6.07) is 20.7. The molecule has 3 aromatic carbocycles. The number of Topliss-reactive ketones (excluding diaryl/α,β-unsaturated/α-hetero) is 2. The Bertz CT molecular complexity index is 1840. The van der Waals surface area contributed by atoms with Gasteiger partial charge in [-0.25, -0.2) is 0 Å². The molecule has 0 bridgehead atoms. The molecule has 3 aliphatic rings. The second-order valence-electron chi connectivity index (χ2n) is 11.3. The summed E-state index contributed by atoms with van der Waals surface area (Å²) in [6.45, 7) is 4.06. The lowest BCUT2D eigenvalue weighted by molar-refractivity contribution is -0.121. The van der Waals surface area contributed by atoms with E-state index in [1.165, 1.54) is 25.6 Å². The van der Waals surface area contributed by atoms with Crippen LogP contribution in [0.3, 0.4) is 0 Å². The number of ether oxygens (including phenoxy) is 2. The monoisotopic (exact) mass is 590 g/mol. The molecule has 4 heterocycles. The van der Waals surface area contributed by atoms with E-state index < -0.39 is 23.4 Å². The third-order valence-electron chi connectivity index (χ3n) is 9.12. The average molecular weight is 591 g/mol. The number of para-hydroxylation sites is 1. The van der Waals surface area contributed by atoms with Crippen LogP contribution in [0.2, 0.25) is 0 Å². The first-order valence-electron chi connectivity index (χ1n) is 14.1. The van der Waals surface area contributed by atoms with E-state index in [0.717, 1.165) is 22.4 Å². The standard InChI is InChI=1S/C35H30N2O5S/c1-19-11-13-26-22(16-19)20(2)17-29-35(24-8-5-6-9-25(24)36-34(35)40)30(31(37(26)29)33(39)28-10-7-15-43-28)32(38)23-18-21(41-3)12-14-27(23)42-4/h5-18,29-31H,1-4H3,(H,36,40). The van der Waals surface area contributed by atoms with Gasteiger partial charge in [-0.3, -0.25) is 14.4 Å². The van der Waals surface area contributed by atoms with E-state index in [1.54, 1.807) is 24.3 Å². The number of carbonyl (C=O) groups is 3. The van der Waals surface area contributed by atoms with Gasteiger partial charge in [0.05, 0.1) is 36.6 Å². The van der Waals surface area contributed by atoms with Crippen molar-refractivity contribution in [2.75, 3.05) is 24.4 Å². The predicted octanol–water partition coefficient (Wildman–Crippen LogP) is 6.32. The van der Waals surface area contributed by atoms with Gasteiger partial charge in [0.15, 0.2) is 11.6 Å². The number of nitrogens with zero attached hydrogens (tertiary/aromatic N) is 1. The Morgan fingerprint density at radius 3 is 2.49 bits per heavy atom. The molecule has 4 aromatic rings. The number of anilines is 2. The molecule has 8 heteroatoms. The van der Waals surface area contributed by atoms with Gasteiger partial charge in [-0.1, -0.05) is 42.0 Å². The molecular weight excluding hydrogens is 560 g/mol. The molecule has 1 saturated heterocycles. The van der Waals surface area contributed by atoms with E-state index in [-0.39, 0.29) is 23.0 Å². The number of methoxy groups -OCH3 is 2. The molecule has 3 aliphatic heterocycles. The van der Waals surface area contributed by atoms with Crippen molar-refractivity contribution in [1.82, 2.24) is 0 Å². The number of aryl methyl sites for hydroxylation is 1. The van der Waals surface area contributed by atoms with Gasteiger partial charge in [0.1, 0.15) is 23.0 Å². The molecule has 7 rings (SSSR count). The summed E-state index contributed by atoms with van der Waals surface area (Å²) in [4.78, 5) is 47.0. The van der Waals surface area contributed by atoms with Crippen molar-refractivity contribution in [3.8, 4) is 11.5 Å². The zero-order chi connectivity index (χ0) is 30.0. The first kappa shape index (κ1) is 27.2. The normalized spacial score (nSPS) is 23.3. The predicted molar refractivity (Wildman–Crippen MR) is 168 cm³/mol. The minimum Gasteiger partial charge on any atom is -0.497 e. The van der Waals surface area contributed by atoms with Crippen LogP contribution in [0.4, 0.5) is 11.4 Å². The minimum absolute atomic E-state index is 0.200. The lowest BCUT2D eigenvalue weighted by atomic mass is 9.64.